The van der Waals surface area contributed by atoms with Crippen LogP contribution < -0.4 is 4.74 Å². The molecule has 2 aromatic rings. The summed E-state index contributed by atoms with van der Waals surface area (Å²) in [7, 11) is -3.62. The molecule has 136 valence electrons. The van der Waals surface area contributed by atoms with E-state index in [-0.39, 0.29) is 23.3 Å². The zero-order chi connectivity index (χ0) is 18.2. The number of pyridine rings is 1. The van der Waals surface area contributed by atoms with Crippen molar-refractivity contribution < 1.29 is 22.7 Å². The Bertz CT molecular complexity index is 898. The molecule has 0 radical (unpaired) electrons. The number of aromatic nitrogens is 2. The van der Waals surface area contributed by atoms with E-state index in [4.69, 9.17) is 9.47 Å². The van der Waals surface area contributed by atoms with Gasteiger partial charge in [-0.15, -0.1) is 0 Å². The minimum Gasteiger partial charge on any atom is -0.490 e. The third kappa shape index (κ3) is 3.28. The van der Waals surface area contributed by atoms with E-state index in [1.54, 1.807) is 43.6 Å². The van der Waals surface area contributed by atoms with Gasteiger partial charge < -0.3 is 18.8 Å². The highest BCUT2D eigenvalue weighted by Gasteiger charge is 2.34. The molecule has 1 amide bonds. The number of ether oxygens (including phenoxy) is 2. The Labute approximate surface area is 146 Å². The second-order valence-corrected chi connectivity index (χ2v) is 9.43. The molecule has 1 fully saturated rings. The molecular weight excluding hydrogens is 346 g/mol. The van der Waals surface area contributed by atoms with Crippen molar-refractivity contribution in [1.82, 2.24) is 14.3 Å². The van der Waals surface area contributed by atoms with E-state index in [9.17, 15) is 13.2 Å². The summed E-state index contributed by atoms with van der Waals surface area (Å²) in [6.07, 6.45) is 4.41. The van der Waals surface area contributed by atoms with Gasteiger partial charge in [-0.2, -0.15) is 0 Å². The van der Waals surface area contributed by atoms with Gasteiger partial charge in [-0.1, -0.05) is 0 Å². The summed E-state index contributed by atoms with van der Waals surface area (Å²) in [6, 6.07) is 1.60. The molecule has 0 N–H and O–H groups in total. The Morgan fingerprint density at radius 1 is 1.36 bits per heavy atom. The zero-order valence-electron chi connectivity index (χ0n) is 14.4. The van der Waals surface area contributed by atoms with E-state index >= 15 is 0 Å². The lowest BCUT2D eigenvalue weighted by atomic mass is 10.3. The molecule has 1 saturated heterocycles. The third-order valence-electron chi connectivity index (χ3n) is 4.02. The number of carbonyl (C=O) groups excluding carboxylic acids is 1. The number of hydrogen-bond acceptors (Lipinski definition) is 6. The maximum absolute atomic E-state index is 12.9. The van der Waals surface area contributed by atoms with E-state index in [1.165, 1.54) is 11.1 Å². The number of sulfone groups is 1. The average molecular weight is 367 g/mol. The molecule has 1 aliphatic rings. The molecule has 25 heavy (non-hydrogen) atoms. The summed E-state index contributed by atoms with van der Waals surface area (Å²) >= 11 is 0. The maximum Gasteiger partial charge on any atom is 0.410 e. The van der Waals surface area contributed by atoms with Gasteiger partial charge in [0, 0.05) is 24.7 Å². The summed E-state index contributed by atoms with van der Waals surface area (Å²) in [5.41, 5.74) is 0.587. The van der Waals surface area contributed by atoms with E-state index < -0.39 is 14.6 Å². The number of fused-ring (bicyclic) bond motifs is 1. The fourth-order valence-electron chi connectivity index (χ4n) is 2.46. The topological polar surface area (TPSA) is 90.2 Å². The summed E-state index contributed by atoms with van der Waals surface area (Å²) < 4.78 is 37.1. The van der Waals surface area contributed by atoms with Crippen LogP contribution in [-0.2, 0) is 14.6 Å². The molecule has 8 nitrogen and oxygen atoms in total. The van der Waals surface area contributed by atoms with Crippen molar-refractivity contribution in [2.24, 2.45) is 0 Å². The van der Waals surface area contributed by atoms with Crippen LogP contribution in [0.15, 0.2) is 29.6 Å². The van der Waals surface area contributed by atoms with Crippen LogP contribution in [0.1, 0.15) is 20.8 Å². The summed E-state index contributed by atoms with van der Waals surface area (Å²) in [6.45, 7) is 6.29. The van der Waals surface area contributed by atoms with Crippen molar-refractivity contribution in [3.63, 3.8) is 0 Å². The predicted octanol–water partition coefficient (Wildman–Crippen LogP) is 1.74. The van der Waals surface area contributed by atoms with Crippen molar-refractivity contribution in [2.75, 3.05) is 26.3 Å². The van der Waals surface area contributed by atoms with E-state index in [1.807, 2.05) is 0 Å². The first-order valence-electron chi connectivity index (χ1n) is 7.96. The van der Waals surface area contributed by atoms with Crippen LogP contribution >= 0.6 is 0 Å². The molecular formula is C16H21N3O5S. The van der Waals surface area contributed by atoms with Gasteiger partial charge >= 0.3 is 6.09 Å². The molecule has 3 heterocycles. The predicted molar refractivity (Wildman–Crippen MR) is 90.5 cm³/mol. The van der Waals surface area contributed by atoms with Crippen LogP contribution in [-0.4, -0.2) is 59.8 Å². The Kier molecular flexibility index (Phi) is 4.36. The van der Waals surface area contributed by atoms with Gasteiger partial charge in [0.05, 0.1) is 17.8 Å². The smallest absolute Gasteiger partial charge is 0.410 e. The molecule has 1 aliphatic heterocycles. The molecule has 0 spiro atoms. The Morgan fingerprint density at radius 2 is 2.12 bits per heavy atom. The van der Waals surface area contributed by atoms with Gasteiger partial charge in [0.25, 0.3) is 0 Å². The summed E-state index contributed by atoms with van der Waals surface area (Å²) in [5, 5.41) is 0. The largest absolute Gasteiger partial charge is 0.490 e. The first kappa shape index (κ1) is 17.5. The van der Waals surface area contributed by atoms with Gasteiger partial charge in [-0.25, -0.2) is 18.2 Å². The van der Waals surface area contributed by atoms with Crippen LogP contribution in [0.25, 0.3) is 5.65 Å². The van der Waals surface area contributed by atoms with Crippen LogP contribution in [0.2, 0.25) is 0 Å². The second-order valence-electron chi connectivity index (χ2n) is 6.76. The average Bonchev–Trinajstić information content (AvgIpc) is 3.14. The van der Waals surface area contributed by atoms with Crippen molar-refractivity contribution in [3.8, 4) is 5.75 Å². The minimum absolute atomic E-state index is 0.106. The van der Waals surface area contributed by atoms with E-state index in [0.717, 1.165) is 0 Å². The Hall–Kier alpha value is -2.29. The number of hydrogen-bond donors (Lipinski definition) is 0. The lowest BCUT2D eigenvalue weighted by molar-refractivity contribution is 0.152. The monoisotopic (exact) mass is 367 g/mol. The number of imidazole rings is 1. The molecule has 9 heteroatoms. The highest BCUT2D eigenvalue weighted by molar-refractivity contribution is 7.92. The van der Waals surface area contributed by atoms with Crippen molar-refractivity contribution in [1.29, 1.82) is 0 Å². The van der Waals surface area contributed by atoms with Gasteiger partial charge in [0.1, 0.15) is 29.5 Å². The molecule has 3 rings (SSSR count). The lowest BCUT2D eigenvalue weighted by Gasteiger charge is -2.22. The Balaban J connectivity index is 1.90. The van der Waals surface area contributed by atoms with E-state index in [2.05, 4.69) is 4.98 Å². The second kappa shape index (κ2) is 6.21. The summed E-state index contributed by atoms with van der Waals surface area (Å²) in [5.74, 6) is 0.237. The number of nitrogens with zero attached hydrogens (tertiary/aromatic N) is 3. The molecule has 0 aromatic carbocycles. The van der Waals surface area contributed by atoms with Crippen LogP contribution in [0, 0.1) is 0 Å². The van der Waals surface area contributed by atoms with Crippen LogP contribution in [0.5, 0.6) is 5.75 Å². The quantitative estimate of drug-likeness (QED) is 0.799. The molecule has 0 aliphatic carbocycles. The SMILES string of the molecule is CC(C)(C)S(=O)(=O)c1cn2ccnc2cc1OCCN1CCOC1=O. The normalized spacial score (nSPS) is 15.6. The number of carbonyl (C=O) groups is 1. The van der Waals surface area contributed by atoms with Gasteiger partial charge in [-0.3, -0.25) is 0 Å². The lowest BCUT2D eigenvalue weighted by Crippen LogP contribution is -2.30. The zero-order valence-corrected chi connectivity index (χ0v) is 15.2. The number of amides is 1. The van der Waals surface area contributed by atoms with Crippen molar-refractivity contribution in [3.05, 3.63) is 24.7 Å². The van der Waals surface area contributed by atoms with Crippen LogP contribution in [0.3, 0.4) is 0 Å². The van der Waals surface area contributed by atoms with Crippen LogP contribution in [0.4, 0.5) is 4.79 Å². The highest BCUT2D eigenvalue weighted by atomic mass is 32.2. The minimum atomic E-state index is -3.62. The van der Waals surface area contributed by atoms with Gasteiger partial charge in [0.15, 0.2) is 9.84 Å². The van der Waals surface area contributed by atoms with Crippen molar-refractivity contribution >= 4 is 21.6 Å². The molecule has 0 saturated carbocycles. The fourth-order valence-corrected chi connectivity index (χ4v) is 3.76. The first-order valence-corrected chi connectivity index (χ1v) is 9.44. The standard InChI is InChI=1S/C16H21N3O5S/c1-16(2,3)25(21,22)13-11-19-5-4-17-14(19)10-12(13)23-8-6-18-7-9-24-15(18)20/h4-5,10-11H,6-9H2,1-3H3. The summed E-state index contributed by atoms with van der Waals surface area (Å²) in [4.78, 5) is 17.2. The number of rotatable bonds is 5. The molecule has 0 bridgehead atoms. The maximum atomic E-state index is 12.9. The molecule has 0 unspecified atom stereocenters. The fraction of sp³-hybridized carbons (Fsp3) is 0.500. The number of cyclic esters (lactones) is 1. The van der Waals surface area contributed by atoms with E-state index in [0.29, 0.717) is 25.3 Å². The highest BCUT2D eigenvalue weighted by Crippen LogP contribution is 2.32. The van der Waals surface area contributed by atoms with Gasteiger partial charge in [-0.05, 0) is 20.8 Å². The van der Waals surface area contributed by atoms with Gasteiger partial charge in [0.2, 0.25) is 0 Å². The molecule has 2 aromatic heterocycles. The third-order valence-corrected chi connectivity index (χ3v) is 6.52. The first-order chi connectivity index (χ1) is 11.7. The van der Waals surface area contributed by atoms with Crippen molar-refractivity contribution in [2.45, 2.75) is 30.4 Å². The molecule has 0 atom stereocenters. The Morgan fingerprint density at radius 3 is 2.76 bits per heavy atom.